The highest BCUT2D eigenvalue weighted by atomic mass is 35.5. The van der Waals surface area contributed by atoms with Crippen LogP contribution in [-0.4, -0.2) is 39.8 Å². The molecule has 0 radical (unpaired) electrons. The lowest BCUT2D eigenvalue weighted by Gasteiger charge is -2.21. The number of halogens is 4. The van der Waals surface area contributed by atoms with Gasteiger partial charge in [-0.25, -0.2) is 22.9 Å². The summed E-state index contributed by atoms with van der Waals surface area (Å²) in [5.41, 5.74) is 3.94. The lowest BCUT2D eigenvalue weighted by Crippen LogP contribution is -2.30. The fourth-order valence-electron chi connectivity index (χ4n) is 3.86. The number of carbonyl (C=O) groups is 1. The summed E-state index contributed by atoms with van der Waals surface area (Å²) in [6.45, 7) is 2.81. The van der Waals surface area contributed by atoms with Gasteiger partial charge in [0.2, 0.25) is 5.43 Å². The third-order valence-electron chi connectivity index (χ3n) is 5.58. The van der Waals surface area contributed by atoms with Crippen molar-refractivity contribution in [1.82, 2.24) is 9.55 Å². The number of fused-ring (bicyclic) bond motifs is 1. The normalized spacial score (nSPS) is 16.8. The van der Waals surface area contributed by atoms with Gasteiger partial charge < -0.3 is 15.7 Å². The first kappa shape index (κ1) is 23.6. The molecule has 7 nitrogen and oxygen atoms in total. The van der Waals surface area contributed by atoms with Gasteiger partial charge in [-0.15, -0.1) is 12.4 Å². The molecule has 3 heterocycles. The molecule has 1 saturated heterocycles. The molecule has 2 atom stereocenters. The van der Waals surface area contributed by atoms with Crippen molar-refractivity contribution in [2.24, 2.45) is 11.7 Å². The predicted molar refractivity (Wildman–Crippen MR) is 115 cm³/mol. The van der Waals surface area contributed by atoms with Gasteiger partial charge in [-0.2, -0.15) is 0 Å². The van der Waals surface area contributed by atoms with E-state index in [9.17, 15) is 27.9 Å². The molecule has 0 unspecified atom stereocenters. The summed E-state index contributed by atoms with van der Waals surface area (Å²) >= 11 is 0. The second kappa shape index (κ2) is 8.79. The fourth-order valence-corrected chi connectivity index (χ4v) is 3.86. The molecule has 3 N–H and O–H groups in total. The van der Waals surface area contributed by atoms with E-state index in [0.29, 0.717) is 19.2 Å². The van der Waals surface area contributed by atoms with Crippen molar-refractivity contribution in [1.29, 1.82) is 0 Å². The first-order chi connectivity index (χ1) is 14.7. The standard InChI is InChI=1S/C21H19F3N4O3.ClH/c1-10(25)11-4-5-27(8-11)20-16(24)7-13-18(29)14(21(30)31)9-28(19(13)26-20)17-3-2-12(22)6-15(17)23;/h2-3,6-7,9-11H,4-5,8,25H2,1H3,(H,30,31);1H/t10-,11+;/m0./s1. The molecule has 1 fully saturated rings. The molecule has 4 rings (SSSR count). The first-order valence-corrected chi connectivity index (χ1v) is 9.62. The fraction of sp³-hybridized carbons (Fsp3) is 0.286. The maximum absolute atomic E-state index is 14.9. The molecule has 1 aliphatic heterocycles. The second-order valence-electron chi connectivity index (χ2n) is 7.66. The monoisotopic (exact) mass is 468 g/mol. The molecule has 1 aliphatic rings. The molecule has 0 aliphatic carbocycles. The maximum atomic E-state index is 14.9. The predicted octanol–water partition coefficient (Wildman–Crippen LogP) is 3.10. The van der Waals surface area contributed by atoms with Gasteiger partial charge in [0.05, 0.1) is 11.1 Å². The molecule has 32 heavy (non-hydrogen) atoms. The Morgan fingerprint density at radius 2 is 1.97 bits per heavy atom. The number of hydrogen-bond acceptors (Lipinski definition) is 5. The van der Waals surface area contributed by atoms with Crippen LogP contribution in [0.5, 0.6) is 0 Å². The highest BCUT2D eigenvalue weighted by molar-refractivity contribution is 5.92. The number of benzene rings is 1. The zero-order chi connectivity index (χ0) is 22.4. The van der Waals surface area contributed by atoms with Crippen molar-refractivity contribution in [3.8, 4) is 5.69 Å². The van der Waals surface area contributed by atoms with Crippen LogP contribution in [-0.2, 0) is 0 Å². The number of anilines is 1. The van der Waals surface area contributed by atoms with Crippen LogP contribution in [0.25, 0.3) is 16.7 Å². The Balaban J connectivity index is 0.00000289. The summed E-state index contributed by atoms with van der Waals surface area (Å²) in [6.07, 6.45) is 1.64. The number of nitrogens with zero attached hydrogens (tertiary/aromatic N) is 3. The smallest absolute Gasteiger partial charge is 0.341 e. The van der Waals surface area contributed by atoms with Crippen molar-refractivity contribution in [2.75, 3.05) is 18.0 Å². The lowest BCUT2D eigenvalue weighted by atomic mass is 10.0. The molecular formula is C21H20ClF3N4O3. The van der Waals surface area contributed by atoms with Gasteiger partial charge in [0.25, 0.3) is 0 Å². The summed E-state index contributed by atoms with van der Waals surface area (Å²) in [4.78, 5) is 30.1. The van der Waals surface area contributed by atoms with E-state index >= 15 is 0 Å². The molecule has 11 heteroatoms. The summed E-state index contributed by atoms with van der Waals surface area (Å²) in [6, 6.07) is 3.51. The first-order valence-electron chi connectivity index (χ1n) is 9.62. The Morgan fingerprint density at radius 3 is 2.56 bits per heavy atom. The quantitative estimate of drug-likeness (QED) is 0.610. The Bertz CT molecular complexity index is 1270. The minimum Gasteiger partial charge on any atom is -0.477 e. The average molecular weight is 469 g/mol. The highest BCUT2D eigenvalue weighted by Gasteiger charge is 2.29. The number of rotatable bonds is 4. The number of aromatic carboxylic acids is 1. The second-order valence-corrected chi connectivity index (χ2v) is 7.66. The van der Waals surface area contributed by atoms with Crippen molar-refractivity contribution in [3.05, 3.63) is 63.7 Å². The van der Waals surface area contributed by atoms with Crippen LogP contribution in [0.15, 0.2) is 35.3 Å². The largest absolute Gasteiger partial charge is 0.477 e. The molecule has 0 bridgehead atoms. The third kappa shape index (κ3) is 4.03. The molecule has 3 aromatic rings. The summed E-state index contributed by atoms with van der Waals surface area (Å²) < 4.78 is 43.9. The summed E-state index contributed by atoms with van der Waals surface area (Å²) in [5, 5.41) is 9.06. The van der Waals surface area contributed by atoms with Crippen LogP contribution in [0.2, 0.25) is 0 Å². The van der Waals surface area contributed by atoms with Crippen LogP contribution in [0.3, 0.4) is 0 Å². The number of carboxylic acid groups (broad SMARTS) is 1. The molecule has 0 amide bonds. The Labute approximate surface area is 186 Å². The molecular weight excluding hydrogens is 449 g/mol. The van der Waals surface area contributed by atoms with E-state index in [4.69, 9.17) is 5.73 Å². The van der Waals surface area contributed by atoms with E-state index in [2.05, 4.69) is 4.98 Å². The lowest BCUT2D eigenvalue weighted by molar-refractivity contribution is 0.0695. The zero-order valence-corrected chi connectivity index (χ0v) is 17.7. The Morgan fingerprint density at radius 1 is 1.25 bits per heavy atom. The minimum atomic E-state index is -1.56. The maximum Gasteiger partial charge on any atom is 0.341 e. The van der Waals surface area contributed by atoms with Gasteiger partial charge in [0, 0.05) is 31.4 Å². The van der Waals surface area contributed by atoms with Crippen molar-refractivity contribution in [3.63, 3.8) is 0 Å². The number of carboxylic acids is 1. The van der Waals surface area contributed by atoms with Crippen LogP contribution >= 0.6 is 12.4 Å². The van der Waals surface area contributed by atoms with E-state index in [1.54, 1.807) is 4.90 Å². The van der Waals surface area contributed by atoms with Gasteiger partial charge in [-0.1, -0.05) is 0 Å². The van der Waals surface area contributed by atoms with Crippen molar-refractivity contribution >= 4 is 35.2 Å². The van der Waals surface area contributed by atoms with Crippen molar-refractivity contribution < 1.29 is 23.1 Å². The number of pyridine rings is 2. The molecule has 2 aromatic heterocycles. The minimum absolute atomic E-state index is 0. The summed E-state index contributed by atoms with van der Waals surface area (Å²) in [5.74, 6) is -4.11. The number of nitrogens with two attached hydrogens (primary N) is 1. The Hall–Kier alpha value is -3.11. The molecule has 0 saturated carbocycles. The third-order valence-corrected chi connectivity index (χ3v) is 5.58. The van der Waals surface area contributed by atoms with Gasteiger partial charge >= 0.3 is 5.97 Å². The van der Waals surface area contributed by atoms with Gasteiger partial charge in [-0.3, -0.25) is 9.36 Å². The van der Waals surface area contributed by atoms with Crippen LogP contribution in [0.1, 0.15) is 23.7 Å². The average Bonchev–Trinajstić information content (AvgIpc) is 3.19. The van der Waals surface area contributed by atoms with E-state index < -0.39 is 34.4 Å². The van der Waals surface area contributed by atoms with Crippen LogP contribution in [0.4, 0.5) is 19.0 Å². The molecule has 0 spiro atoms. The highest BCUT2D eigenvalue weighted by Crippen LogP contribution is 2.29. The Kier molecular flexibility index (Phi) is 6.47. The zero-order valence-electron chi connectivity index (χ0n) is 16.9. The van der Waals surface area contributed by atoms with Crippen molar-refractivity contribution in [2.45, 2.75) is 19.4 Å². The topological polar surface area (TPSA) is 101 Å². The SMILES string of the molecule is C[C@H](N)[C@@H]1CCN(c2nc3c(cc2F)c(=O)c(C(=O)O)cn3-c2ccc(F)cc2F)C1.Cl. The van der Waals surface area contributed by atoms with E-state index in [1.165, 1.54) is 0 Å². The number of hydrogen-bond donors (Lipinski definition) is 2. The van der Waals surface area contributed by atoms with E-state index in [-0.39, 0.29) is 46.9 Å². The van der Waals surface area contributed by atoms with E-state index in [1.807, 2.05) is 6.92 Å². The van der Waals surface area contributed by atoms with Gasteiger partial charge in [0.15, 0.2) is 17.3 Å². The molecule has 1 aromatic carbocycles. The number of aromatic nitrogens is 2. The van der Waals surface area contributed by atoms with E-state index in [0.717, 1.165) is 35.4 Å². The van der Waals surface area contributed by atoms with Crippen LogP contribution in [0, 0.1) is 23.4 Å². The molecule has 170 valence electrons. The van der Waals surface area contributed by atoms with Gasteiger partial charge in [-0.05, 0) is 37.5 Å². The van der Waals surface area contributed by atoms with Crippen LogP contribution < -0.4 is 16.1 Å². The van der Waals surface area contributed by atoms with Gasteiger partial charge in [0.1, 0.15) is 17.2 Å². The summed E-state index contributed by atoms with van der Waals surface area (Å²) in [7, 11) is 0.